The number of hydrogen-bond donors (Lipinski definition) is 1. The summed E-state index contributed by atoms with van der Waals surface area (Å²) >= 11 is 6.49. The first-order valence-electron chi connectivity index (χ1n) is 8.67. The molecule has 0 saturated carbocycles. The fourth-order valence-corrected chi connectivity index (χ4v) is 3.63. The van der Waals surface area contributed by atoms with Crippen LogP contribution in [-0.4, -0.2) is 24.7 Å². The molecule has 5 rings (SSSR count). The van der Waals surface area contributed by atoms with Crippen molar-refractivity contribution in [3.63, 3.8) is 0 Å². The average Bonchev–Trinajstić information content (AvgIpc) is 3.14. The Balaban J connectivity index is 1.87. The van der Waals surface area contributed by atoms with Crippen LogP contribution in [0.15, 0.2) is 65.8 Å². The lowest BCUT2D eigenvalue weighted by atomic mass is 9.99. The van der Waals surface area contributed by atoms with Crippen LogP contribution < -0.4 is 5.43 Å². The molecule has 4 aromatic heterocycles. The number of fused-ring (bicyclic) bond motifs is 2. The number of rotatable bonds is 2. The first kappa shape index (κ1) is 16.6. The Kier molecular flexibility index (Phi) is 3.74. The highest BCUT2D eigenvalue weighted by Gasteiger charge is 2.16. The number of hydrogen-bond acceptors (Lipinski definition) is 4. The monoisotopic (exact) mass is 387 g/mol. The number of halogens is 1. The molecule has 1 aromatic carbocycles. The normalized spacial score (nSPS) is 11.4. The number of aromatic amines is 1. The molecule has 7 heteroatoms. The summed E-state index contributed by atoms with van der Waals surface area (Å²) in [4.78, 5) is 24.5. The van der Waals surface area contributed by atoms with E-state index in [0.717, 1.165) is 22.0 Å². The Morgan fingerprint density at radius 1 is 1.14 bits per heavy atom. The van der Waals surface area contributed by atoms with E-state index in [9.17, 15) is 4.79 Å². The quantitative estimate of drug-likeness (QED) is 0.492. The molecule has 0 amide bonds. The Morgan fingerprint density at radius 3 is 2.86 bits per heavy atom. The van der Waals surface area contributed by atoms with Gasteiger partial charge in [0, 0.05) is 42.7 Å². The molecule has 0 unspecified atom stereocenters. The largest absolute Gasteiger partial charge is 0.346 e. The summed E-state index contributed by atoms with van der Waals surface area (Å²) in [5.74, 6) is 0. The van der Waals surface area contributed by atoms with Crippen LogP contribution in [0, 0.1) is 0 Å². The van der Waals surface area contributed by atoms with Crippen LogP contribution in [0.2, 0.25) is 5.02 Å². The van der Waals surface area contributed by atoms with Crippen molar-refractivity contribution in [2.75, 3.05) is 0 Å². The maximum atomic E-state index is 12.4. The first-order chi connectivity index (χ1) is 13.6. The number of pyridine rings is 3. The number of benzene rings is 1. The lowest BCUT2D eigenvalue weighted by Gasteiger charge is -2.11. The van der Waals surface area contributed by atoms with Gasteiger partial charge in [0.25, 0.3) is 0 Å². The molecule has 0 saturated heterocycles. The van der Waals surface area contributed by atoms with Gasteiger partial charge in [0.05, 0.1) is 15.9 Å². The van der Waals surface area contributed by atoms with Gasteiger partial charge in [-0.3, -0.25) is 14.5 Å². The van der Waals surface area contributed by atoms with Gasteiger partial charge in [-0.15, -0.1) is 0 Å². The molecule has 0 aliphatic carbocycles. The van der Waals surface area contributed by atoms with E-state index in [1.54, 1.807) is 17.1 Å². The standard InChI is InChI=1S/C21H14ClN5O/c1-27-8-5-17(26-27)20-14(11-15-18(28)4-7-24-21(15)25-20)13-9-12-3-2-6-23-19(12)16(22)10-13/h2-11H,1H3,(H,24,25,28). The van der Waals surface area contributed by atoms with Gasteiger partial charge in [-0.05, 0) is 35.9 Å². The minimum absolute atomic E-state index is 0.0939. The minimum atomic E-state index is -0.0939. The van der Waals surface area contributed by atoms with Crippen LogP contribution in [0.25, 0.3) is 44.5 Å². The summed E-state index contributed by atoms with van der Waals surface area (Å²) in [6, 6.07) is 12.9. The molecule has 6 nitrogen and oxygen atoms in total. The third-order valence-corrected chi connectivity index (χ3v) is 4.96. The van der Waals surface area contributed by atoms with Crippen molar-refractivity contribution < 1.29 is 0 Å². The molecular weight excluding hydrogens is 374 g/mol. The van der Waals surface area contributed by atoms with Crippen LogP contribution in [-0.2, 0) is 7.05 Å². The number of aromatic nitrogens is 5. The van der Waals surface area contributed by atoms with E-state index in [1.165, 1.54) is 6.07 Å². The second-order valence-corrected chi connectivity index (χ2v) is 6.94. The highest BCUT2D eigenvalue weighted by Crippen LogP contribution is 2.35. The molecule has 4 heterocycles. The second-order valence-electron chi connectivity index (χ2n) is 6.53. The van der Waals surface area contributed by atoms with E-state index in [-0.39, 0.29) is 5.43 Å². The zero-order valence-corrected chi connectivity index (χ0v) is 15.6. The molecular formula is C21H14ClN5O. The van der Waals surface area contributed by atoms with Crippen molar-refractivity contribution in [3.05, 3.63) is 76.3 Å². The van der Waals surface area contributed by atoms with Gasteiger partial charge in [-0.1, -0.05) is 17.7 Å². The molecule has 136 valence electrons. The Morgan fingerprint density at radius 2 is 2.04 bits per heavy atom. The molecule has 0 fully saturated rings. The zero-order valence-electron chi connectivity index (χ0n) is 14.8. The molecule has 0 aliphatic heterocycles. The topological polar surface area (TPSA) is 76.5 Å². The summed E-state index contributed by atoms with van der Waals surface area (Å²) in [6.07, 6.45) is 5.17. The molecule has 0 atom stereocenters. The molecule has 0 bridgehead atoms. The van der Waals surface area contributed by atoms with Gasteiger partial charge >= 0.3 is 0 Å². The van der Waals surface area contributed by atoms with E-state index < -0.39 is 0 Å². The van der Waals surface area contributed by atoms with Gasteiger partial charge in [-0.25, -0.2) is 4.98 Å². The molecule has 0 spiro atoms. The van der Waals surface area contributed by atoms with Crippen molar-refractivity contribution in [2.45, 2.75) is 0 Å². The Hall–Kier alpha value is -3.51. The maximum Gasteiger partial charge on any atom is 0.191 e. The number of nitrogens with zero attached hydrogens (tertiary/aromatic N) is 4. The van der Waals surface area contributed by atoms with Crippen molar-refractivity contribution in [2.24, 2.45) is 7.05 Å². The second kappa shape index (κ2) is 6.28. The molecule has 0 aliphatic rings. The Bertz CT molecular complexity index is 1420. The van der Waals surface area contributed by atoms with E-state index >= 15 is 0 Å². The first-order valence-corrected chi connectivity index (χ1v) is 9.05. The number of nitrogens with one attached hydrogen (secondary N) is 1. The van der Waals surface area contributed by atoms with E-state index in [0.29, 0.717) is 27.4 Å². The third-order valence-electron chi connectivity index (χ3n) is 4.67. The van der Waals surface area contributed by atoms with Gasteiger partial charge in [-0.2, -0.15) is 5.10 Å². The van der Waals surface area contributed by atoms with Gasteiger partial charge < -0.3 is 4.98 Å². The van der Waals surface area contributed by atoms with Crippen molar-refractivity contribution in [1.29, 1.82) is 0 Å². The predicted molar refractivity (Wildman–Crippen MR) is 110 cm³/mol. The van der Waals surface area contributed by atoms with Crippen molar-refractivity contribution in [1.82, 2.24) is 24.7 Å². The van der Waals surface area contributed by atoms with Crippen LogP contribution >= 0.6 is 11.6 Å². The average molecular weight is 388 g/mol. The van der Waals surface area contributed by atoms with E-state index in [1.807, 2.05) is 49.6 Å². The molecule has 5 aromatic rings. The minimum Gasteiger partial charge on any atom is -0.346 e. The van der Waals surface area contributed by atoms with E-state index in [2.05, 4.69) is 15.1 Å². The van der Waals surface area contributed by atoms with E-state index in [4.69, 9.17) is 16.6 Å². The summed E-state index contributed by atoms with van der Waals surface area (Å²) < 4.78 is 1.72. The predicted octanol–water partition coefficient (Wildman–Crippen LogP) is 4.19. The van der Waals surface area contributed by atoms with Crippen LogP contribution in [0.1, 0.15) is 0 Å². The van der Waals surface area contributed by atoms with Gasteiger partial charge in [0.1, 0.15) is 17.0 Å². The maximum absolute atomic E-state index is 12.4. The fraction of sp³-hybridized carbons (Fsp3) is 0.0476. The van der Waals surface area contributed by atoms with Crippen LogP contribution in [0.4, 0.5) is 0 Å². The lowest BCUT2D eigenvalue weighted by Crippen LogP contribution is -2.04. The molecule has 1 N–H and O–H groups in total. The van der Waals surface area contributed by atoms with Crippen molar-refractivity contribution in [3.8, 4) is 22.5 Å². The van der Waals surface area contributed by atoms with Gasteiger partial charge in [0.2, 0.25) is 0 Å². The summed E-state index contributed by atoms with van der Waals surface area (Å²) in [7, 11) is 1.85. The zero-order chi connectivity index (χ0) is 19.3. The summed E-state index contributed by atoms with van der Waals surface area (Å²) in [5.41, 5.74) is 4.19. The van der Waals surface area contributed by atoms with Crippen LogP contribution in [0.3, 0.4) is 0 Å². The molecule has 28 heavy (non-hydrogen) atoms. The number of aryl methyl sites for hydroxylation is 1. The smallest absolute Gasteiger partial charge is 0.191 e. The van der Waals surface area contributed by atoms with Gasteiger partial charge in [0.15, 0.2) is 5.43 Å². The lowest BCUT2D eigenvalue weighted by molar-refractivity contribution is 0.770. The summed E-state index contributed by atoms with van der Waals surface area (Å²) in [6.45, 7) is 0. The molecule has 0 radical (unpaired) electrons. The summed E-state index contributed by atoms with van der Waals surface area (Å²) in [5, 5.41) is 6.47. The fourth-order valence-electron chi connectivity index (χ4n) is 3.36. The number of H-pyrrole nitrogens is 1. The highest BCUT2D eigenvalue weighted by molar-refractivity contribution is 6.35. The Labute approximate surface area is 164 Å². The van der Waals surface area contributed by atoms with Crippen LogP contribution in [0.5, 0.6) is 0 Å². The SMILES string of the molecule is Cn1ccc(-c2nc3[nH]ccc(=O)c3cc2-c2cc(Cl)c3ncccc3c2)n1. The van der Waals surface area contributed by atoms with Crippen molar-refractivity contribution >= 4 is 33.5 Å². The highest BCUT2D eigenvalue weighted by atomic mass is 35.5. The third kappa shape index (κ3) is 2.66.